The Labute approximate surface area is 179 Å². The summed E-state index contributed by atoms with van der Waals surface area (Å²) in [5.74, 6) is 0.677. The molecule has 2 fully saturated rings. The average Bonchev–Trinajstić information content (AvgIpc) is 2.60. The molecule has 0 unspecified atom stereocenters. The van der Waals surface area contributed by atoms with Gasteiger partial charge in [0.15, 0.2) is 0 Å². The fourth-order valence-corrected chi connectivity index (χ4v) is 5.74. The van der Waals surface area contributed by atoms with Crippen molar-refractivity contribution >= 4 is 18.1 Å². The Balaban J connectivity index is 0.00000280. The molecule has 2 aliphatic rings. The molecule has 0 spiro atoms. The van der Waals surface area contributed by atoms with E-state index in [2.05, 4.69) is 68.7 Å². The monoisotopic (exact) mass is 408 g/mol. The number of nitrogens with zero attached hydrogens (tertiary/aromatic N) is 2. The van der Waals surface area contributed by atoms with Crippen molar-refractivity contribution < 1.29 is 4.74 Å². The molecule has 0 bridgehead atoms. The van der Waals surface area contributed by atoms with Crippen molar-refractivity contribution in [2.45, 2.75) is 59.8 Å². The summed E-state index contributed by atoms with van der Waals surface area (Å²) in [5.41, 5.74) is 3.93. The normalized spacial score (nSPS) is 22.7. The molecular formula is C24H41ClN2O. The van der Waals surface area contributed by atoms with Crippen LogP contribution in [-0.4, -0.2) is 50.8 Å². The van der Waals surface area contributed by atoms with Gasteiger partial charge < -0.3 is 9.64 Å². The Morgan fingerprint density at radius 3 is 2.18 bits per heavy atom. The molecule has 160 valence electrons. The van der Waals surface area contributed by atoms with Crippen LogP contribution in [0.1, 0.15) is 65.4 Å². The van der Waals surface area contributed by atoms with Gasteiger partial charge in [0.25, 0.3) is 0 Å². The van der Waals surface area contributed by atoms with Crippen LogP contribution in [0.5, 0.6) is 0 Å². The van der Waals surface area contributed by atoms with Crippen LogP contribution in [-0.2, 0) is 4.74 Å². The first-order chi connectivity index (χ1) is 12.8. The van der Waals surface area contributed by atoms with Crippen LogP contribution < -0.4 is 4.90 Å². The smallest absolute Gasteiger partial charge is 0.0593 e. The zero-order valence-corrected chi connectivity index (χ0v) is 19.5. The Kier molecular flexibility index (Phi) is 8.25. The lowest BCUT2D eigenvalue weighted by Crippen LogP contribution is -2.47. The molecule has 1 heterocycles. The molecule has 1 aliphatic carbocycles. The Morgan fingerprint density at radius 2 is 1.57 bits per heavy atom. The fraction of sp³-hybridized carbons (Fsp3) is 0.750. The van der Waals surface area contributed by atoms with Crippen molar-refractivity contribution in [2.75, 3.05) is 50.8 Å². The lowest BCUT2D eigenvalue weighted by Gasteiger charge is -2.46. The summed E-state index contributed by atoms with van der Waals surface area (Å²) in [6, 6.07) is 9.23. The Hall–Kier alpha value is -0.770. The molecule has 3 rings (SSSR count). The van der Waals surface area contributed by atoms with Gasteiger partial charge in [0.2, 0.25) is 0 Å². The molecular weight excluding hydrogens is 368 g/mol. The van der Waals surface area contributed by atoms with Gasteiger partial charge in [0.1, 0.15) is 0 Å². The molecule has 0 amide bonds. The zero-order chi connectivity index (χ0) is 19.5. The van der Waals surface area contributed by atoms with Gasteiger partial charge in [-0.3, -0.25) is 4.90 Å². The topological polar surface area (TPSA) is 15.7 Å². The second kappa shape index (κ2) is 9.82. The van der Waals surface area contributed by atoms with Gasteiger partial charge in [0, 0.05) is 45.0 Å². The molecule has 1 saturated carbocycles. The number of benzene rings is 1. The van der Waals surface area contributed by atoms with E-state index in [0.717, 1.165) is 45.9 Å². The summed E-state index contributed by atoms with van der Waals surface area (Å²) in [6.45, 7) is 19.2. The van der Waals surface area contributed by atoms with E-state index in [0.29, 0.717) is 16.7 Å². The summed E-state index contributed by atoms with van der Waals surface area (Å²) >= 11 is 0. The van der Waals surface area contributed by atoms with Gasteiger partial charge in [-0.25, -0.2) is 0 Å². The van der Waals surface area contributed by atoms with Crippen LogP contribution in [0.15, 0.2) is 24.3 Å². The van der Waals surface area contributed by atoms with Crippen LogP contribution in [0.3, 0.4) is 0 Å². The van der Waals surface area contributed by atoms with Crippen LogP contribution in [0, 0.1) is 10.8 Å². The van der Waals surface area contributed by atoms with Gasteiger partial charge >= 0.3 is 0 Å². The predicted octanol–water partition coefficient (Wildman–Crippen LogP) is 5.59. The number of halogens is 1. The molecule has 0 radical (unpaired) electrons. The first kappa shape index (κ1) is 23.5. The first-order valence-corrected chi connectivity index (χ1v) is 10.9. The molecule has 1 aromatic carbocycles. The lowest BCUT2D eigenvalue weighted by molar-refractivity contribution is 0.0969. The van der Waals surface area contributed by atoms with E-state index < -0.39 is 0 Å². The largest absolute Gasteiger partial charge is 0.380 e. The number of piperazine rings is 1. The summed E-state index contributed by atoms with van der Waals surface area (Å²) in [6.07, 6.45) is 3.95. The average molecular weight is 409 g/mol. The van der Waals surface area contributed by atoms with E-state index in [-0.39, 0.29) is 12.4 Å². The highest BCUT2D eigenvalue weighted by Gasteiger charge is 2.39. The van der Waals surface area contributed by atoms with E-state index >= 15 is 0 Å². The van der Waals surface area contributed by atoms with Gasteiger partial charge in [-0.1, -0.05) is 45.9 Å². The molecule has 4 heteroatoms. The van der Waals surface area contributed by atoms with Gasteiger partial charge in [-0.15, -0.1) is 12.4 Å². The standard InChI is InChI=1S/C24H40N2O.ClH/c1-6-27-16-15-25-11-13-26(14-12-25)22-10-8-7-9-21(22)20-17-23(2,3)19-24(4,5)18-20;/h7-10,20H,6,11-19H2,1-5H3;1H. The zero-order valence-electron chi connectivity index (χ0n) is 18.7. The number of ether oxygens (including phenoxy) is 1. The van der Waals surface area contributed by atoms with Gasteiger partial charge in [-0.2, -0.15) is 0 Å². The third-order valence-electron chi connectivity index (χ3n) is 6.40. The van der Waals surface area contributed by atoms with Crippen molar-refractivity contribution in [2.24, 2.45) is 10.8 Å². The van der Waals surface area contributed by atoms with E-state index in [4.69, 9.17) is 4.74 Å². The minimum absolute atomic E-state index is 0. The fourth-order valence-electron chi connectivity index (χ4n) is 5.74. The second-order valence-electron chi connectivity index (χ2n) is 10.2. The lowest BCUT2D eigenvalue weighted by atomic mass is 9.60. The molecule has 1 aliphatic heterocycles. The van der Waals surface area contributed by atoms with Crippen LogP contribution in [0.25, 0.3) is 0 Å². The van der Waals surface area contributed by atoms with Crippen molar-refractivity contribution in [3.63, 3.8) is 0 Å². The SMILES string of the molecule is CCOCCN1CCN(c2ccccc2C2CC(C)(C)CC(C)(C)C2)CC1.Cl. The van der Waals surface area contributed by atoms with Crippen molar-refractivity contribution in [3.05, 3.63) is 29.8 Å². The Morgan fingerprint density at radius 1 is 0.964 bits per heavy atom. The minimum atomic E-state index is 0. The Bertz CT molecular complexity index is 592. The molecule has 1 aromatic rings. The third kappa shape index (κ3) is 6.11. The summed E-state index contributed by atoms with van der Waals surface area (Å²) in [7, 11) is 0. The predicted molar refractivity (Wildman–Crippen MR) is 123 cm³/mol. The molecule has 3 nitrogen and oxygen atoms in total. The first-order valence-electron chi connectivity index (χ1n) is 10.9. The maximum absolute atomic E-state index is 5.53. The maximum atomic E-state index is 5.53. The van der Waals surface area contributed by atoms with Crippen LogP contribution in [0.2, 0.25) is 0 Å². The van der Waals surface area contributed by atoms with Crippen molar-refractivity contribution in [3.8, 4) is 0 Å². The third-order valence-corrected chi connectivity index (χ3v) is 6.40. The summed E-state index contributed by atoms with van der Waals surface area (Å²) in [5, 5.41) is 0. The molecule has 0 N–H and O–H groups in total. The maximum Gasteiger partial charge on any atom is 0.0593 e. The molecule has 28 heavy (non-hydrogen) atoms. The summed E-state index contributed by atoms with van der Waals surface area (Å²) < 4.78 is 5.53. The number of para-hydroxylation sites is 1. The van der Waals surface area contributed by atoms with Gasteiger partial charge in [0.05, 0.1) is 6.61 Å². The van der Waals surface area contributed by atoms with Gasteiger partial charge in [-0.05, 0) is 54.6 Å². The van der Waals surface area contributed by atoms with Crippen LogP contribution >= 0.6 is 12.4 Å². The number of anilines is 1. The number of hydrogen-bond donors (Lipinski definition) is 0. The highest BCUT2D eigenvalue weighted by Crippen LogP contribution is 2.53. The van der Waals surface area contributed by atoms with E-state index in [1.165, 1.54) is 24.9 Å². The molecule has 0 atom stereocenters. The quantitative estimate of drug-likeness (QED) is 0.571. The number of hydrogen-bond acceptors (Lipinski definition) is 3. The van der Waals surface area contributed by atoms with Crippen molar-refractivity contribution in [1.82, 2.24) is 4.90 Å². The second-order valence-corrected chi connectivity index (χ2v) is 10.2. The number of rotatable bonds is 6. The van der Waals surface area contributed by atoms with Crippen molar-refractivity contribution in [1.29, 1.82) is 0 Å². The van der Waals surface area contributed by atoms with E-state index in [9.17, 15) is 0 Å². The van der Waals surface area contributed by atoms with E-state index in [1.54, 1.807) is 5.56 Å². The highest BCUT2D eigenvalue weighted by molar-refractivity contribution is 5.85. The summed E-state index contributed by atoms with van der Waals surface area (Å²) in [4.78, 5) is 5.17. The minimum Gasteiger partial charge on any atom is -0.380 e. The van der Waals surface area contributed by atoms with E-state index in [1.807, 2.05) is 0 Å². The van der Waals surface area contributed by atoms with Crippen LogP contribution in [0.4, 0.5) is 5.69 Å². The molecule has 0 aromatic heterocycles. The molecule has 1 saturated heterocycles. The highest BCUT2D eigenvalue weighted by atomic mass is 35.5.